The molecule has 0 aromatic heterocycles. The van der Waals surface area contributed by atoms with Gasteiger partial charge in [-0.3, -0.25) is 4.79 Å². The van der Waals surface area contributed by atoms with Crippen LogP contribution in [0.2, 0.25) is 0 Å². The van der Waals surface area contributed by atoms with Crippen molar-refractivity contribution in [1.82, 2.24) is 10.6 Å². The highest BCUT2D eigenvalue weighted by Crippen LogP contribution is 2.19. The minimum absolute atomic E-state index is 0.0468. The van der Waals surface area contributed by atoms with Crippen molar-refractivity contribution < 1.29 is 19.1 Å². The van der Waals surface area contributed by atoms with E-state index in [0.717, 1.165) is 6.42 Å². The van der Waals surface area contributed by atoms with Crippen LogP contribution in [0.4, 0.5) is 9.18 Å². The Morgan fingerprint density at radius 1 is 1.11 bits per heavy atom. The summed E-state index contributed by atoms with van der Waals surface area (Å²) in [6, 6.07) is 5.15. The Kier molecular flexibility index (Phi) is 3.99. The van der Waals surface area contributed by atoms with Gasteiger partial charge in [-0.25, -0.2) is 9.18 Å². The van der Waals surface area contributed by atoms with Gasteiger partial charge in [0.1, 0.15) is 5.82 Å². The minimum Gasteiger partial charge on any atom is -0.465 e. The first-order valence-electron chi connectivity index (χ1n) is 6.10. The molecule has 5 nitrogen and oxygen atoms in total. The topological polar surface area (TPSA) is 78.4 Å². The highest BCUT2D eigenvalue weighted by molar-refractivity contribution is 5.94. The van der Waals surface area contributed by atoms with Crippen LogP contribution in [0, 0.1) is 5.82 Å². The molecule has 1 fully saturated rings. The fourth-order valence-corrected chi connectivity index (χ4v) is 2.29. The van der Waals surface area contributed by atoms with E-state index in [1.54, 1.807) is 0 Å². The van der Waals surface area contributed by atoms with Crippen LogP contribution >= 0.6 is 0 Å². The zero-order valence-corrected chi connectivity index (χ0v) is 10.2. The van der Waals surface area contributed by atoms with Crippen molar-refractivity contribution in [1.29, 1.82) is 0 Å². The lowest BCUT2D eigenvalue weighted by Gasteiger charge is -2.13. The lowest BCUT2D eigenvalue weighted by molar-refractivity contribution is 0.0937. The van der Waals surface area contributed by atoms with Crippen LogP contribution in [-0.4, -0.2) is 29.2 Å². The van der Waals surface area contributed by atoms with Crippen LogP contribution in [0.1, 0.15) is 29.6 Å². The van der Waals surface area contributed by atoms with Gasteiger partial charge in [0.2, 0.25) is 0 Å². The third-order valence-corrected chi connectivity index (χ3v) is 3.20. The molecule has 2 atom stereocenters. The van der Waals surface area contributed by atoms with Crippen LogP contribution in [0.5, 0.6) is 0 Å². The van der Waals surface area contributed by atoms with Crippen molar-refractivity contribution in [2.75, 3.05) is 0 Å². The molecule has 2 rings (SSSR count). The number of hydrogen-bond donors (Lipinski definition) is 3. The van der Waals surface area contributed by atoms with Crippen LogP contribution in [0.15, 0.2) is 24.3 Å². The molecule has 0 radical (unpaired) electrons. The van der Waals surface area contributed by atoms with Crippen molar-refractivity contribution in [3.63, 3.8) is 0 Å². The number of hydrogen-bond acceptors (Lipinski definition) is 2. The Bertz CT molecular complexity index is 475. The third kappa shape index (κ3) is 3.67. The molecule has 1 aromatic rings. The summed E-state index contributed by atoms with van der Waals surface area (Å²) < 4.78 is 12.7. The fourth-order valence-electron chi connectivity index (χ4n) is 2.29. The zero-order chi connectivity index (χ0) is 13.8. The second kappa shape index (κ2) is 5.69. The molecular weight excluding hydrogens is 251 g/mol. The van der Waals surface area contributed by atoms with E-state index in [1.807, 2.05) is 0 Å². The van der Waals surface area contributed by atoms with E-state index < -0.39 is 6.09 Å². The summed E-state index contributed by atoms with van der Waals surface area (Å²) >= 11 is 0. The van der Waals surface area contributed by atoms with Gasteiger partial charge in [0.05, 0.1) is 0 Å². The summed E-state index contributed by atoms with van der Waals surface area (Å²) in [5.41, 5.74) is 0.399. The number of carbonyl (C=O) groups is 2. The maximum Gasteiger partial charge on any atom is 0.404 e. The number of amides is 2. The molecule has 3 N–H and O–H groups in total. The van der Waals surface area contributed by atoms with Gasteiger partial charge in [0.15, 0.2) is 0 Å². The van der Waals surface area contributed by atoms with E-state index >= 15 is 0 Å². The summed E-state index contributed by atoms with van der Waals surface area (Å²) in [6.45, 7) is 0. The molecule has 0 bridgehead atoms. The largest absolute Gasteiger partial charge is 0.465 e. The van der Waals surface area contributed by atoms with E-state index in [-0.39, 0.29) is 23.8 Å². The number of halogens is 1. The number of nitrogens with one attached hydrogen (secondary N) is 2. The molecule has 1 saturated carbocycles. The predicted molar refractivity (Wildman–Crippen MR) is 66.5 cm³/mol. The monoisotopic (exact) mass is 266 g/mol. The van der Waals surface area contributed by atoms with Crippen LogP contribution < -0.4 is 10.6 Å². The zero-order valence-electron chi connectivity index (χ0n) is 10.2. The first-order valence-corrected chi connectivity index (χ1v) is 6.10. The normalized spacial score (nSPS) is 21.9. The van der Waals surface area contributed by atoms with Crippen molar-refractivity contribution in [2.45, 2.75) is 31.3 Å². The summed E-state index contributed by atoms with van der Waals surface area (Å²) in [5, 5.41) is 13.8. The van der Waals surface area contributed by atoms with Gasteiger partial charge < -0.3 is 15.7 Å². The predicted octanol–water partition coefficient (Wildman–Crippen LogP) is 1.74. The van der Waals surface area contributed by atoms with Gasteiger partial charge in [-0.2, -0.15) is 0 Å². The van der Waals surface area contributed by atoms with E-state index in [0.29, 0.717) is 18.4 Å². The average Bonchev–Trinajstić information content (AvgIpc) is 2.76. The maximum absolute atomic E-state index is 12.7. The number of carboxylic acid groups (broad SMARTS) is 1. The Hall–Kier alpha value is -2.11. The van der Waals surface area contributed by atoms with Gasteiger partial charge in [0, 0.05) is 17.6 Å². The molecule has 1 aliphatic carbocycles. The highest BCUT2D eigenvalue weighted by atomic mass is 19.1. The SMILES string of the molecule is O=C(O)N[C@H]1CC[C@@H](NC(=O)c2ccc(F)cc2)C1. The summed E-state index contributed by atoms with van der Waals surface area (Å²) in [6.07, 6.45) is 0.980. The van der Waals surface area contributed by atoms with Gasteiger partial charge in [0.25, 0.3) is 5.91 Å². The Labute approximate surface area is 109 Å². The molecule has 102 valence electrons. The Morgan fingerprint density at radius 3 is 2.26 bits per heavy atom. The minimum atomic E-state index is -1.05. The molecule has 0 heterocycles. The number of carbonyl (C=O) groups excluding carboxylic acids is 1. The molecule has 6 heteroatoms. The van der Waals surface area contributed by atoms with Crippen molar-refractivity contribution in [2.24, 2.45) is 0 Å². The number of benzene rings is 1. The Balaban J connectivity index is 1.87. The van der Waals surface area contributed by atoms with E-state index in [9.17, 15) is 14.0 Å². The first kappa shape index (κ1) is 13.3. The average molecular weight is 266 g/mol. The first-order chi connectivity index (χ1) is 9.04. The summed E-state index contributed by atoms with van der Waals surface area (Å²) in [5.74, 6) is -0.649. The summed E-state index contributed by atoms with van der Waals surface area (Å²) in [7, 11) is 0. The van der Waals surface area contributed by atoms with E-state index in [1.165, 1.54) is 24.3 Å². The van der Waals surface area contributed by atoms with Crippen molar-refractivity contribution >= 4 is 12.0 Å². The standard InChI is InChI=1S/C13H15FN2O3/c14-9-3-1-8(2-4-9)12(17)15-10-5-6-11(7-10)16-13(18)19/h1-4,10-11,16H,5-7H2,(H,15,17)(H,18,19)/t10-,11+/m1/s1. The molecule has 2 amide bonds. The van der Waals surface area contributed by atoms with Gasteiger partial charge in [-0.1, -0.05) is 0 Å². The van der Waals surface area contributed by atoms with Crippen molar-refractivity contribution in [3.05, 3.63) is 35.6 Å². The molecule has 0 saturated heterocycles. The van der Waals surface area contributed by atoms with Gasteiger partial charge >= 0.3 is 6.09 Å². The van der Waals surface area contributed by atoms with Gasteiger partial charge in [-0.05, 0) is 43.5 Å². The van der Waals surface area contributed by atoms with Gasteiger partial charge in [-0.15, -0.1) is 0 Å². The lowest BCUT2D eigenvalue weighted by Crippen LogP contribution is -2.36. The highest BCUT2D eigenvalue weighted by Gasteiger charge is 2.27. The second-order valence-electron chi connectivity index (χ2n) is 4.64. The van der Waals surface area contributed by atoms with Crippen LogP contribution in [-0.2, 0) is 0 Å². The number of rotatable bonds is 3. The molecule has 0 aliphatic heterocycles. The maximum atomic E-state index is 12.7. The Morgan fingerprint density at radius 2 is 1.68 bits per heavy atom. The molecule has 1 aliphatic rings. The van der Waals surface area contributed by atoms with Crippen LogP contribution in [0.3, 0.4) is 0 Å². The third-order valence-electron chi connectivity index (χ3n) is 3.20. The molecule has 19 heavy (non-hydrogen) atoms. The molecule has 1 aromatic carbocycles. The lowest BCUT2D eigenvalue weighted by atomic mass is 10.1. The smallest absolute Gasteiger partial charge is 0.404 e. The molecule has 0 unspecified atom stereocenters. The summed E-state index contributed by atoms with van der Waals surface area (Å²) in [4.78, 5) is 22.4. The van der Waals surface area contributed by atoms with Crippen molar-refractivity contribution in [3.8, 4) is 0 Å². The van der Waals surface area contributed by atoms with Crippen LogP contribution in [0.25, 0.3) is 0 Å². The van der Waals surface area contributed by atoms with E-state index in [4.69, 9.17) is 5.11 Å². The fraction of sp³-hybridized carbons (Fsp3) is 0.385. The second-order valence-corrected chi connectivity index (χ2v) is 4.64. The molecule has 0 spiro atoms. The molecular formula is C13H15FN2O3. The quantitative estimate of drug-likeness (QED) is 0.779. The van der Waals surface area contributed by atoms with E-state index in [2.05, 4.69) is 10.6 Å².